The highest BCUT2D eigenvalue weighted by molar-refractivity contribution is 5.85. The number of anilines is 1. The lowest BCUT2D eigenvalue weighted by Crippen LogP contribution is -2.42. The lowest BCUT2D eigenvalue weighted by Gasteiger charge is -2.27. The summed E-state index contributed by atoms with van der Waals surface area (Å²) in [6, 6.07) is 4.63. The fraction of sp³-hybridized carbons (Fsp3) is 0.684. The van der Waals surface area contributed by atoms with Crippen LogP contribution in [-0.2, 0) is 11.3 Å². The third kappa shape index (κ3) is 5.86. The first-order valence-corrected chi connectivity index (χ1v) is 9.43. The van der Waals surface area contributed by atoms with Gasteiger partial charge in [-0.25, -0.2) is 4.98 Å². The van der Waals surface area contributed by atoms with E-state index in [-0.39, 0.29) is 24.2 Å². The number of carbonyl (C=O) groups is 1. The molecule has 0 unspecified atom stereocenters. The van der Waals surface area contributed by atoms with Crippen molar-refractivity contribution in [2.45, 2.75) is 58.0 Å². The Balaban J connectivity index is 0.00000225. The molecule has 2 saturated heterocycles. The molecule has 1 amide bonds. The van der Waals surface area contributed by atoms with E-state index >= 15 is 0 Å². The first-order chi connectivity index (χ1) is 11.7. The monoisotopic (exact) mass is 366 g/mol. The van der Waals surface area contributed by atoms with Crippen LogP contribution in [0, 0.1) is 5.92 Å². The van der Waals surface area contributed by atoms with E-state index in [0.717, 1.165) is 43.9 Å². The SMILES string of the molecule is C[C@H]1C[C@@H](C(=O)NCc2ccc(N3CCCCCC3)nc2)CCN1.Cl. The molecule has 2 aliphatic heterocycles. The summed E-state index contributed by atoms with van der Waals surface area (Å²) in [5, 5.41) is 6.47. The van der Waals surface area contributed by atoms with E-state index in [1.54, 1.807) is 0 Å². The van der Waals surface area contributed by atoms with Gasteiger partial charge in [0.1, 0.15) is 5.82 Å². The molecule has 3 heterocycles. The van der Waals surface area contributed by atoms with E-state index in [1.807, 2.05) is 6.20 Å². The minimum absolute atomic E-state index is 0. The Labute approximate surface area is 157 Å². The second-order valence-electron chi connectivity index (χ2n) is 7.22. The second-order valence-corrected chi connectivity index (χ2v) is 7.22. The van der Waals surface area contributed by atoms with Crippen LogP contribution in [0.4, 0.5) is 5.82 Å². The first kappa shape index (κ1) is 20.0. The van der Waals surface area contributed by atoms with Gasteiger partial charge in [-0.1, -0.05) is 18.9 Å². The quantitative estimate of drug-likeness (QED) is 0.860. The van der Waals surface area contributed by atoms with Gasteiger partial charge in [-0.3, -0.25) is 4.79 Å². The van der Waals surface area contributed by atoms with E-state index < -0.39 is 0 Å². The molecule has 5 nitrogen and oxygen atoms in total. The van der Waals surface area contributed by atoms with Crippen LogP contribution in [0.15, 0.2) is 18.3 Å². The van der Waals surface area contributed by atoms with Crippen LogP contribution in [0.3, 0.4) is 0 Å². The van der Waals surface area contributed by atoms with E-state index in [9.17, 15) is 4.79 Å². The van der Waals surface area contributed by atoms with Gasteiger partial charge in [-0.2, -0.15) is 0 Å². The van der Waals surface area contributed by atoms with Crippen LogP contribution in [0.5, 0.6) is 0 Å². The van der Waals surface area contributed by atoms with Crippen LogP contribution in [-0.4, -0.2) is 36.6 Å². The molecule has 2 fully saturated rings. The van der Waals surface area contributed by atoms with Crippen molar-refractivity contribution in [1.29, 1.82) is 0 Å². The fourth-order valence-electron chi connectivity index (χ4n) is 3.71. The number of piperidine rings is 1. The summed E-state index contributed by atoms with van der Waals surface area (Å²) in [5.74, 6) is 1.39. The predicted octanol–water partition coefficient (Wildman–Crippen LogP) is 2.89. The van der Waals surface area contributed by atoms with Gasteiger partial charge >= 0.3 is 0 Å². The van der Waals surface area contributed by atoms with Crippen molar-refractivity contribution in [2.24, 2.45) is 5.92 Å². The number of aromatic nitrogens is 1. The Morgan fingerprint density at radius 2 is 2.04 bits per heavy atom. The minimum Gasteiger partial charge on any atom is -0.357 e. The molecular weight excluding hydrogens is 336 g/mol. The van der Waals surface area contributed by atoms with Crippen molar-refractivity contribution in [3.63, 3.8) is 0 Å². The van der Waals surface area contributed by atoms with Gasteiger partial charge in [0.15, 0.2) is 0 Å². The molecule has 0 aromatic carbocycles. The summed E-state index contributed by atoms with van der Waals surface area (Å²) in [5.41, 5.74) is 1.07. The second kappa shape index (κ2) is 9.97. The molecule has 25 heavy (non-hydrogen) atoms. The molecule has 1 aromatic rings. The molecule has 140 valence electrons. The van der Waals surface area contributed by atoms with Crippen molar-refractivity contribution >= 4 is 24.1 Å². The number of hydrogen-bond donors (Lipinski definition) is 2. The van der Waals surface area contributed by atoms with Crippen molar-refractivity contribution in [3.05, 3.63) is 23.9 Å². The largest absolute Gasteiger partial charge is 0.357 e. The number of nitrogens with one attached hydrogen (secondary N) is 2. The molecular formula is C19H31ClN4O. The summed E-state index contributed by atoms with van der Waals surface area (Å²) >= 11 is 0. The zero-order valence-electron chi connectivity index (χ0n) is 15.2. The van der Waals surface area contributed by atoms with Gasteiger partial charge in [0.2, 0.25) is 5.91 Å². The number of nitrogens with zero attached hydrogens (tertiary/aromatic N) is 2. The van der Waals surface area contributed by atoms with E-state index in [0.29, 0.717) is 12.6 Å². The van der Waals surface area contributed by atoms with Crippen LogP contribution in [0.2, 0.25) is 0 Å². The Morgan fingerprint density at radius 1 is 1.28 bits per heavy atom. The molecule has 2 aliphatic rings. The van der Waals surface area contributed by atoms with Gasteiger partial charge in [-0.05, 0) is 50.8 Å². The summed E-state index contributed by atoms with van der Waals surface area (Å²) in [7, 11) is 0. The summed E-state index contributed by atoms with van der Waals surface area (Å²) in [6.07, 6.45) is 8.94. The standard InChI is InChI=1S/C19H30N4O.ClH/c1-15-12-17(8-9-20-15)19(24)22-14-16-6-7-18(21-13-16)23-10-4-2-3-5-11-23;/h6-7,13,15,17,20H,2-5,8-12,14H2,1H3,(H,22,24);1H/t15-,17-;/m0./s1. The van der Waals surface area contributed by atoms with Gasteiger partial charge < -0.3 is 15.5 Å². The number of amides is 1. The number of halogens is 1. The molecule has 0 spiro atoms. The van der Waals surface area contributed by atoms with E-state index in [4.69, 9.17) is 0 Å². The first-order valence-electron chi connectivity index (χ1n) is 9.43. The molecule has 0 aliphatic carbocycles. The van der Waals surface area contributed by atoms with Crippen molar-refractivity contribution < 1.29 is 4.79 Å². The Bertz CT molecular complexity index is 529. The molecule has 2 atom stereocenters. The Kier molecular flexibility index (Phi) is 7.97. The highest BCUT2D eigenvalue weighted by Gasteiger charge is 2.24. The van der Waals surface area contributed by atoms with Crippen LogP contribution < -0.4 is 15.5 Å². The average Bonchev–Trinajstić information content (AvgIpc) is 2.89. The summed E-state index contributed by atoms with van der Waals surface area (Å²) in [4.78, 5) is 19.3. The summed E-state index contributed by atoms with van der Waals surface area (Å²) < 4.78 is 0. The maximum atomic E-state index is 12.3. The van der Waals surface area contributed by atoms with E-state index in [1.165, 1.54) is 25.7 Å². The lowest BCUT2D eigenvalue weighted by molar-refractivity contribution is -0.126. The van der Waals surface area contributed by atoms with Gasteiger partial charge in [0.05, 0.1) is 0 Å². The van der Waals surface area contributed by atoms with Gasteiger partial charge in [-0.15, -0.1) is 12.4 Å². The number of carbonyl (C=O) groups excluding carboxylic acids is 1. The maximum Gasteiger partial charge on any atom is 0.223 e. The molecule has 0 saturated carbocycles. The van der Waals surface area contributed by atoms with E-state index in [2.05, 4.69) is 39.6 Å². The highest BCUT2D eigenvalue weighted by Crippen LogP contribution is 2.18. The normalized spacial score (nSPS) is 24.1. The average molecular weight is 367 g/mol. The molecule has 3 rings (SSSR count). The molecule has 2 N–H and O–H groups in total. The van der Waals surface area contributed by atoms with Crippen molar-refractivity contribution in [3.8, 4) is 0 Å². The molecule has 0 radical (unpaired) electrons. The Hall–Kier alpha value is -1.33. The number of rotatable bonds is 4. The topological polar surface area (TPSA) is 57.3 Å². The van der Waals surface area contributed by atoms with Crippen LogP contribution in [0.1, 0.15) is 51.0 Å². The number of hydrogen-bond acceptors (Lipinski definition) is 4. The minimum atomic E-state index is 0. The highest BCUT2D eigenvalue weighted by atomic mass is 35.5. The zero-order chi connectivity index (χ0) is 16.8. The van der Waals surface area contributed by atoms with Crippen LogP contribution in [0.25, 0.3) is 0 Å². The number of pyridine rings is 1. The smallest absolute Gasteiger partial charge is 0.223 e. The molecule has 1 aromatic heterocycles. The van der Waals surface area contributed by atoms with Gasteiger partial charge in [0, 0.05) is 37.8 Å². The van der Waals surface area contributed by atoms with Crippen molar-refractivity contribution in [2.75, 3.05) is 24.5 Å². The Morgan fingerprint density at radius 3 is 2.68 bits per heavy atom. The maximum absolute atomic E-state index is 12.3. The summed E-state index contributed by atoms with van der Waals surface area (Å²) in [6.45, 7) is 5.87. The van der Waals surface area contributed by atoms with Crippen molar-refractivity contribution in [1.82, 2.24) is 15.6 Å². The zero-order valence-corrected chi connectivity index (χ0v) is 16.0. The third-order valence-electron chi connectivity index (χ3n) is 5.20. The lowest BCUT2D eigenvalue weighted by atomic mass is 9.92. The molecule has 6 heteroatoms. The predicted molar refractivity (Wildman–Crippen MR) is 104 cm³/mol. The van der Waals surface area contributed by atoms with Crippen LogP contribution >= 0.6 is 12.4 Å². The third-order valence-corrected chi connectivity index (χ3v) is 5.20. The van der Waals surface area contributed by atoms with Gasteiger partial charge in [0.25, 0.3) is 0 Å². The fourth-order valence-corrected chi connectivity index (χ4v) is 3.71. The molecule has 0 bridgehead atoms.